The molecular formula is C45H68N6O12. The maximum atomic E-state index is 14.2. The van der Waals surface area contributed by atoms with Gasteiger partial charge in [0, 0.05) is 13.3 Å². The summed E-state index contributed by atoms with van der Waals surface area (Å²) in [5, 5.41) is 34.2. The van der Waals surface area contributed by atoms with Gasteiger partial charge in [0.2, 0.25) is 35.4 Å². The number of amides is 6. The summed E-state index contributed by atoms with van der Waals surface area (Å²) in [6.45, 7) is 9.98. The van der Waals surface area contributed by atoms with Crippen LogP contribution in [0.15, 0.2) is 30.3 Å². The zero-order valence-electron chi connectivity index (χ0n) is 37.6. The largest absolute Gasteiger partial charge is 0.497 e. The Hall–Kier alpha value is -5.81. The quantitative estimate of drug-likeness (QED) is 0.0593. The molecule has 1 aromatic rings. The highest BCUT2D eigenvalue weighted by atomic mass is 16.5. The van der Waals surface area contributed by atoms with E-state index in [-0.39, 0.29) is 30.5 Å². The minimum Gasteiger partial charge on any atom is -0.497 e. The number of carbonyl (C=O) groups excluding carboxylic acids is 7. The maximum Gasteiger partial charge on any atom is 0.305 e. The molecule has 2 rings (SSSR count). The summed E-state index contributed by atoms with van der Waals surface area (Å²) in [7, 11) is 1.55. The first-order valence-electron chi connectivity index (χ1n) is 21.9. The molecule has 1 aliphatic rings. The zero-order valence-corrected chi connectivity index (χ0v) is 37.6. The number of nitrogens with one attached hydrogen (secondary N) is 6. The van der Waals surface area contributed by atoms with Crippen molar-refractivity contribution in [3.8, 4) is 5.75 Å². The highest BCUT2D eigenvalue weighted by molar-refractivity contribution is 6.01. The minimum atomic E-state index is -1.58. The molecule has 8 N–H and O–H groups in total. The van der Waals surface area contributed by atoms with Crippen LogP contribution in [0.3, 0.4) is 0 Å². The Bertz CT molecular complexity index is 1740. The van der Waals surface area contributed by atoms with Crippen molar-refractivity contribution < 1.29 is 58.1 Å². The predicted molar refractivity (Wildman–Crippen MR) is 234 cm³/mol. The van der Waals surface area contributed by atoms with E-state index in [1.165, 1.54) is 6.08 Å². The smallest absolute Gasteiger partial charge is 0.305 e. The number of hydrogen-bond acceptors (Lipinski definition) is 10. The Balaban J connectivity index is 2.35. The first kappa shape index (κ1) is 53.3. The van der Waals surface area contributed by atoms with Crippen LogP contribution in [-0.4, -0.2) is 107 Å². The average molecular weight is 885 g/mol. The summed E-state index contributed by atoms with van der Waals surface area (Å²) in [5.74, 6) is -7.54. The summed E-state index contributed by atoms with van der Waals surface area (Å²) >= 11 is 0. The van der Waals surface area contributed by atoms with Crippen LogP contribution >= 0.6 is 0 Å². The molecule has 7 atom stereocenters. The maximum absolute atomic E-state index is 14.2. The van der Waals surface area contributed by atoms with Crippen molar-refractivity contribution in [2.45, 2.75) is 155 Å². The van der Waals surface area contributed by atoms with Crippen LogP contribution in [0, 0.1) is 17.8 Å². The van der Waals surface area contributed by atoms with Gasteiger partial charge in [-0.05, 0) is 67.2 Å². The third-order valence-electron chi connectivity index (χ3n) is 11.0. The number of carboxylic acid groups (broad SMARTS) is 2. The molecule has 1 aliphatic carbocycles. The molecule has 0 spiro atoms. The third-order valence-corrected chi connectivity index (χ3v) is 11.0. The monoisotopic (exact) mass is 884 g/mol. The minimum absolute atomic E-state index is 0.0611. The summed E-state index contributed by atoms with van der Waals surface area (Å²) in [4.78, 5) is 117. The third kappa shape index (κ3) is 19.4. The lowest BCUT2D eigenvalue weighted by Crippen LogP contribution is -2.61. The van der Waals surface area contributed by atoms with Gasteiger partial charge in [0.25, 0.3) is 0 Å². The standard InChI is InChI=1S/C45H68N6O12/c1-8-27(5)40(51-44(61)34(23-26(3)4)49-41(58)33(20-22-38(54)55)48-43(60)36(25-39(56)57)46-28(6)52)45(62)50-35(24-30-13-11-10-12-14-30)42(59)47-32(9-2)37(53)21-17-29-15-18-31(63-7)19-16-29/h15-19,21,26-27,30,32-36,40H,8-14,20,22-25H2,1-7H3,(H,46,52)(H,47,59)(H,48,60)(H,49,58)(H,50,62)(H,51,61)(H,54,55)(H,56,57)/b21-17+/t27-,32-,33+,34-,35-,36-,40-/m0/s1. The number of ketones is 1. The molecule has 18 heteroatoms. The zero-order chi connectivity index (χ0) is 47.2. The van der Waals surface area contributed by atoms with Crippen molar-refractivity contribution in [2.24, 2.45) is 17.8 Å². The SMILES string of the molecule is CC[C@H](NC(=O)[C@H](CC1CCCCC1)NC(=O)[C@@H](NC(=O)[C@H](CC(C)C)NC(=O)[C@@H](CCC(=O)O)NC(=O)[C@H](CC(=O)O)NC(C)=O)[C@@H](C)CC)C(=O)/C=C/c1ccc(OC)cc1. The topological polar surface area (TPSA) is 276 Å². The molecule has 0 aliphatic heterocycles. The molecule has 63 heavy (non-hydrogen) atoms. The molecule has 1 aromatic carbocycles. The van der Waals surface area contributed by atoms with Gasteiger partial charge in [-0.15, -0.1) is 0 Å². The summed E-state index contributed by atoms with van der Waals surface area (Å²) in [6, 6.07) is -0.390. The fraction of sp³-hybridized carbons (Fsp3) is 0.622. The molecule has 0 bridgehead atoms. The predicted octanol–water partition coefficient (Wildman–Crippen LogP) is 3.02. The molecule has 0 saturated heterocycles. The summed E-state index contributed by atoms with van der Waals surface area (Å²) in [6.07, 6.45) is 7.06. The van der Waals surface area contributed by atoms with Gasteiger partial charge in [0.15, 0.2) is 5.78 Å². The first-order chi connectivity index (χ1) is 29.8. The number of hydrogen-bond donors (Lipinski definition) is 8. The van der Waals surface area contributed by atoms with E-state index in [0.717, 1.165) is 44.6 Å². The van der Waals surface area contributed by atoms with Crippen molar-refractivity contribution in [1.82, 2.24) is 31.9 Å². The van der Waals surface area contributed by atoms with E-state index in [4.69, 9.17) is 4.74 Å². The van der Waals surface area contributed by atoms with Gasteiger partial charge >= 0.3 is 11.9 Å². The van der Waals surface area contributed by atoms with Crippen molar-refractivity contribution in [3.63, 3.8) is 0 Å². The number of aliphatic carboxylic acids is 2. The average Bonchev–Trinajstić information content (AvgIpc) is 3.23. The van der Waals surface area contributed by atoms with E-state index in [0.29, 0.717) is 18.6 Å². The lowest BCUT2D eigenvalue weighted by molar-refractivity contribution is -0.141. The van der Waals surface area contributed by atoms with Crippen molar-refractivity contribution in [1.29, 1.82) is 0 Å². The van der Waals surface area contributed by atoms with E-state index in [1.807, 2.05) is 6.92 Å². The molecule has 6 amide bonds. The van der Waals surface area contributed by atoms with E-state index in [2.05, 4.69) is 31.9 Å². The highest BCUT2D eigenvalue weighted by Gasteiger charge is 2.36. The fourth-order valence-corrected chi connectivity index (χ4v) is 7.27. The molecule has 18 nitrogen and oxygen atoms in total. The van der Waals surface area contributed by atoms with Crippen LogP contribution in [0.1, 0.15) is 124 Å². The van der Waals surface area contributed by atoms with E-state index < -0.39 is 109 Å². The van der Waals surface area contributed by atoms with Gasteiger partial charge in [-0.25, -0.2) is 0 Å². The van der Waals surface area contributed by atoms with Gasteiger partial charge in [-0.2, -0.15) is 0 Å². The van der Waals surface area contributed by atoms with Crippen LogP contribution in [0.5, 0.6) is 5.75 Å². The first-order valence-corrected chi connectivity index (χ1v) is 21.9. The van der Waals surface area contributed by atoms with Gasteiger partial charge in [0.1, 0.15) is 36.0 Å². The number of benzene rings is 1. The number of rotatable bonds is 27. The summed E-state index contributed by atoms with van der Waals surface area (Å²) in [5.41, 5.74) is 0.760. The molecule has 1 saturated carbocycles. The van der Waals surface area contributed by atoms with Crippen LogP contribution in [0.25, 0.3) is 6.08 Å². The molecule has 0 heterocycles. The number of ether oxygens (including phenoxy) is 1. The second kappa shape index (κ2) is 27.3. The Kier molecular flexibility index (Phi) is 23.1. The van der Waals surface area contributed by atoms with Gasteiger partial charge in [0.05, 0.1) is 19.6 Å². The van der Waals surface area contributed by atoms with Crippen LogP contribution in [0.4, 0.5) is 0 Å². The van der Waals surface area contributed by atoms with Gasteiger partial charge in [-0.1, -0.05) is 91.4 Å². The molecule has 0 radical (unpaired) electrons. The fourth-order valence-electron chi connectivity index (χ4n) is 7.27. The number of carboxylic acids is 2. The Morgan fingerprint density at radius 1 is 0.683 bits per heavy atom. The number of methoxy groups -OCH3 is 1. The van der Waals surface area contributed by atoms with Crippen LogP contribution in [0.2, 0.25) is 0 Å². The Labute approximate surface area is 369 Å². The van der Waals surface area contributed by atoms with Gasteiger partial charge < -0.3 is 46.9 Å². The number of carbonyl (C=O) groups is 9. The molecule has 0 unspecified atom stereocenters. The Morgan fingerprint density at radius 3 is 1.78 bits per heavy atom. The van der Waals surface area contributed by atoms with Gasteiger partial charge in [-0.3, -0.25) is 43.2 Å². The van der Waals surface area contributed by atoms with E-state index >= 15 is 0 Å². The van der Waals surface area contributed by atoms with E-state index in [9.17, 15) is 53.4 Å². The second-order valence-corrected chi connectivity index (χ2v) is 16.7. The van der Waals surface area contributed by atoms with Crippen LogP contribution in [-0.2, 0) is 43.2 Å². The molecule has 1 fully saturated rings. The summed E-state index contributed by atoms with van der Waals surface area (Å²) < 4.78 is 5.19. The Morgan fingerprint density at radius 2 is 1.24 bits per heavy atom. The molecular weight excluding hydrogens is 817 g/mol. The van der Waals surface area contributed by atoms with Crippen molar-refractivity contribution >= 4 is 59.2 Å². The normalized spacial score (nSPS) is 16.3. The second-order valence-electron chi connectivity index (χ2n) is 16.7. The highest BCUT2D eigenvalue weighted by Crippen LogP contribution is 2.28. The lowest BCUT2D eigenvalue weighted by Gasteiger charge is -2.31. The van der Waals surface area contributed by atoms with Crippen molar-refractivity contribution in [2.75, 3.05) is 7.11 Å². The van der Waals surface area contributed by atoms with Crippen molar-refractivity contribution in [3.05, 3.63) is 35.9 Å². The molecule has 0 aromatic heterocycles. The van der Waals surface area contributed by atoms with E-state index in [1.54, 1.807) is 65.1 Å². The van der Waals surface area contributed by atoms with Crippen LogP contribution < -0.4 is 36.6 Å². The lowest BCUT2D eigenvalue weighted by atomic mass is 9.84. The molecule has 350 valence electrons.